The molecule has 0 amide bonds. The standard InChI is InChI=1S/C30H27ClN2/c1-29(2)25-11-7-5-9-21(25)23-15-13-19(17-27(23)29)33(32-31)20-14-16-24-22-10-6-8-12-26(22)30(3,4)28(24)18-20/h5-18,32H,1-4H3. The maximum Gasteiger partial charge on any atom is 0.0594 e. The Kier molecular flexibility index (Phi) is 4.33. The Morgan fingerprint density at radius 1 is 0.545 bits per heavy atom. The van der Waals surface area contributed by atoms with E-state index >= 15 is 0 Å². The lowest BCUT2D eigenvalue weighted by atomic mass is 9.82. The van der Waals surface area contributed by atoms with Crippen LogP contribution in [-0.2, 0) is 10.8 Å². The van der Waals surface area contributed by atoms with Crippen molar-refractivity contribution < 1.29 is 0 Å². The van der Waals surface area contributed by atoms with Crippen LogP contribution in [0, 0.1) is 0 Å². The summed E-state index contributed by atoms with van der Waals surface area (Å²) < 4.78 is 0. The van der Waals surface area contributed by atoms with Gasteiger partial charge >= 0.3 is 0 Å². The van der Waals surface area contributed by atoms with Gasteiger partial charge in [-0.05, 0) is 80.5 Å². The van der Waals surface area contributed by atoms with E-state index in [-0.39, 0.29) is 10.8 Å². The number of nitrogens with one attached hydrogen (secondary N) is 1. The van der Waals surface area contributed by atoms with Crippen molar-refractivity contribution in [2.24, 2.45) is 0 Å². The van der Waals surface area contributed by atoms with Crippen molar-refractivity contribution in [1.82, 2.24) is 4.94 Å². The van der Waals surface area contributed by atoms with E-state index in [1.54, 1.807) is 0 Å². The molecule has 0 saturated carbocycles. The molecule has 0 bridgehead atoms. The van der Waals surface area contributed by atoms with Crippen molar-refractivity contribution in [3.05, 3.63) is 107 Å². The van der Waals surface area contributed by atoms with Crippen LogP contribution in [0.1, 0.15) is 49.9 Å². The highest BCUT2D eigenvalue weighted by Gasteiger charge is 2.37. The van der Waals surface area contributed by atoms with Gasteiger partial charge in [-0.3, -0.25) is 5.01 Å². The lowest BCUT2D eigenvalue weighted by Crippen LogP contribution is -2.27. The van der Waals surface area contributed by atoms with Crippen LogP contribution in [0.5, 0.6) is 0 Å². The van der Waals surface area contributed by atoms with Crippen molar-refractivity contribution in [3.8, 4) is 22.3 Å². The summed E-state index contributed by atoms with van der Waals surface area (Å²) in [5, 5.41) is 1.97. The number of hydrazine groups is 1. The van der Waals surface area contributed by atoms with Crippen LogP contribution in [0.25, 0.3) is 22.3 Å². The molecule has 0 spiro atoms. The Hall–Kier alpha value is -3.07. The second-order valence-electron chi connectivity index (χ2n) is 10.2. The third-order valence-corrected chi connectivity index (χ3v) is 7.90. The summed E-state index contributed by atoms with van der Waals surface area (Å²) in [6.07, 6.45) is 0. The number of halogens is 1. The molecule has 4 aromatic rings. The summed E-state index contributed by atoms with van der Waals surface area (Å²) in [4.78, 5) is 2.92. The van der Waals surface area contributed by atoms with Gasteiger partial charge in [-0.2, -0.15) is 0 Å². The summed E-state index contributed by atoms with van der Waals surface area (Å²) in [5.41, 5.74) is 12.6. The lowest BCUT2D eigenvalue weighted by molar-refractivity contribution is 0.659. The van der Waals surface area contributed by atoms with E-state index in [9.17, 15) is 0 Å². The van der Waals surface area contributed by atoms with Crippen molar-refractivity contribution in [2.45, 2.75) is 38.5 Å². The average Bonchev–Trinajstić information content (AvgIpc) is 3.20. The van der Waals surface area contributed by atoms with Crippen molar-refractivity contribution >= 4 is 23.2 Å². The van der Waals surface area contributed by atoms with Gasteiger partial charge in [0.15, 0.2) is 0 Å². The number of nitrogens with zero attached hydrogens (tertiary/aromatic N) is 1. The van der Waals surface area contributed by atoms with Crippen molar-refractivity contribution in [1.29, 1.82) is 0 Å². The zero-order valence-electron chi connectivity index (χ0n) is 19.4. The molecule has 6 rings (SSSR count). The van der Waals surface area contributed by atoms with Gasteiger partial charge in [0.2, 0.25) is 0 Å². The van der Waals surface area contributed by atoms with Gasteiger partial charge in [-0.15, -0.1) is 4.94 Å². The lowest BCUT2D eigenvalue weighted by Gasteiger charge is -2.27. The summed E-state index contributed by atoms with van der Waals surface area (Å²) in [6, 6.07) is 30.7. The first-order chi connectivity index (χ1) is 15.8. The number of fused-ring (bicyclic) bond motifs is 6. The molecule has 0 aromatic heterocycles. The summed E-state index contributed by atoms with van der Waals surface area (Å²) in [6.45, 7) is 9.20. The van der Waals surface area contributed by atoms with Gasteiger partial charge in [0, 0.05) is 10.8 Å². The molecule has 0 radical (unpaired) electrons. The molecule has 2 aliphatic carbocycles. The SMILES string of the molecule is CC1(C)c2ccccc2-c2ccc(N(NCl)c3ccc4c(c3)C(C)(C)c3ccccc3-4)cc21. The minimum absolute atomic E-state index is 0.0541. The molecule has 164 valence electrons. The minimum Gasteiger partial charge on any atom is -0.263 e. The second-order valence-corrected chi connectivity index (χ2v) is 10.4. The Balaban J connectivity index is 1.45. The molecule has 2 aliphatic rings. The topological polar surface area (TPSA) is 15.3 Å². The van der Waals surface area contributed by atoms with Crippen LogP contribution in [0.2, 0.25) is 0 Å². The van der Waals surface area contributed by atoms with E-state index in [1.165, 1.54) is 44.5 Å². The van der Waals surface area contributed by atoms with E-state index in [2.05, 4.69) is 118 Å². The molecular formula is C30H27ClN2. The quantitative estimate of drug-likeness (QED) is 0.250. The first-order valence-corrected chi connectivity index (χ1v) is 11.9. The molecule has 0 atom stereocenters. The fraction of sp³-hybridized carbons (Fsp3) is 0.200. The number of rotatable bonds is 3. The molecule has 1 N–H and O–H groups in total. The number of hydrogen-bond acceptors (Lipinski definition) is 2. The fourth-order valence-corrected chi connectivity index (χ4v) is 6.10. The molecular weight excluding hydrogens is 424 g/mol. The van der Waals surface area contributed by atoms with E-state index in [4.69, 9.17) is 11.8 Å². The maximum atomic E-state index is 6.33. The molecule has 3 heteroatoms. The molecule has 0 saturated heterocycles. The normalized spacial score (nSPS) is 16.0. The molecule has 4 aromatic carbocycles. The number of hydrogen-bond donors (Lipinski definition) is 1. The molecule has 0 fully saturated rings. The highest BCUT2D eigenvalue weighted by atomic mass is 35.5. The smallest absolute Gasteiger partial charge is 0.0594 e. The van der Waals surface area contributed by atoms with E-state index in [0.717, 1.165) is 11.4 Å². The highest BCUT2D eigenvalue weighted by Crippen LogP contribution is 2.51. The number of anilines is 2. The fourth-order valence-electron chi connectivity index (χ4n) is 5.91. The zero-order valence-corrected chi connectivity index (χ0v) is 20.2. The first kappa shape index (κ1) is 20.5. The molecule has 0 unspecified atom stereocenters. The molecule has 0 heterocycles. The molecule has 33 heavy (non-hydrogen) atoms. The predicted molar refractivity (Wildman–Crippen MR) is 139 cm³/mol. The zero-order chi connectivity index (χ0) is 23.0. The van der Waals surface area contributed by atoms with Gasteiger partial charge in [-0.1, -0.05) is 88.4 Å². The largest absolute Gasteiger partial charge is 0.263 e. The van der Waals surface area contributed by atoms with Crippen molar-refractivity contribution in [2.75, 3.05) is 5.01 Å². The van der Waals surface area contributed by atoms with Gasteiger partial charge in [-0.25, -0.2) is 0 Å². The monoisotopic (exact) mass is 450 g/mol. The summed E-state index contributed by atoms with van der Waals surface area (Å²) >= 11 is 6.33. The number of benzene rings is 4. The van der Waals surface area contributed by atoms with E-state index < -0.39 is 0 Å². The van der Waals surface area contributed by atoms with Gasteiger partial charge in [0.1, 0.15) is 0 Å². The van der Waals surface area contributed by atoms with Gasteiger partial charge in [0.25, 0.3) is 0 Å². The third kappa shape index (κ3) is 2.78. The van der Waals surface area contributed by atoms with E-state index in [1.807, 2.05) is 5.01 Å². The van der Waals surface area contributed by atoms with Crippen LogP contribution in [0.15, 0.2) is 84.9 Å². The van der Waals surface area contributed by atoms with Crippen LogP contribution in [0.4, 0.5) is 11.4 Å². The Morgan fingerprint density at radius 3 is 1.36 bits per heavy atom. The Labute approximate surface area is 200 Å². The molecule has 2 nitrogen and oxygen atoms in total. The van der Waals surface area contributed by atoms with Crippen molar-refractivity contribution in [3.63, 3.8) is 0 Å². The van der Waals surface area contributed by atoms with Gasteiger partial charge in [0.05, 0.1) is 11.4 Å². The minimum atomic E-state index is -0.0541. The summed E-state index contributed by atoms with van der Waals surface area (Å²) in [7, 11) is 0. The Bertz CT molecular complexity index is 1310. The first-order valence-electron chi connectivity index (χ1n) is 11.5. The second kappa shape index (κ2) is 6.96. The maximum absolute atomic E-state index is 6.33. The van der Waals surface area contributed by atoms with Gasteiger partial charge < -0.3 is 0 Å². The average molecular weight is 451 g/mol. The Morgan fingerprint density at radius 2 is 0.939 bits per heavy atom. The summed E-state index contributed by atoms with van der Waals surface area (Å²) in [5.74, 6) is 0. The van der Waals surface area contributed by atoms with Crippen LogP contribution < -0.4 is 9.95 Å². The predicted octanol–water partition coefficient (Wildman–Crippen LogP) is 8.10. The van der Waals surface area contributed by atoms with Crippen LogP contribution >= 0.6 is 11.8 Å². The molecule has 0 aliphatic heterocycles. The highest BCUT2D eigenvalue weighted by molar-refractivity contribution is 6.14. The van der Waals surface area contributed by atoms with Crippen LogP contribution in [-0.4, -0.2) is 0 Å². The third-order valence-electron chi connectivity index (χ3n) is 7.74. The van der Waals surface area contributed by atoms with Crippen LogP contribution in [0.3, 0.4) is 0 Å². The van der Waals surface area contributed by atoms with E-state index in [0.29, 0.717) is 0 Å².